The smallest absolute Gasteiger partial charge is 0.228 e. The van der Waals surface area contributed by atoms with Crippen LogP contribution < -0.4 is 5.32 Å². The zero-order chi connectivity index (χ0) is 20.9. The molecule has 4 rings (SSSR count). The van der Waals surface area contributed by atoms with Gasteiger partial charge in [-0.05, 0) is 30.5 Å². The van der Waals surface area contributed by atoms with Crippen LogP contribution in [-0.2, 0) is 20.8 Å². The summed E-state index contributed by atoms with van der Waals surface area (Å²) in [7, 11) is 0. The zero-order valence-electron chi connectivity index (χ0n) is 16.6. The Balaban J connectivity index is 1.40. The first kappa shape index (κ1) is 21.7. The molecule has 0 unspecified atom stereocenters. The lowest BCUT2D eigenvalue weighted by atomic mass is 9.94. The van der Waals surface area contributed by atoms with Crippen molar-refractivity contribution >= 4 is 34.0 Å². The zero-order valence-corrected chi connectivity index (χ0v) is 18.1. The molecule has 2 aromatic rings. The van der Waals surface area contributed by atoms with Crippen molar-refractivity contribution in [1.82, 2.24) is 9.88 Å². The Hall–Kier alpha value is -1.55. The molecule has 1 aromatic heterocycles. The molecule has 2 aliphatic heterocycles. The fourth-order valence-electron chi connectivity index (χ4n) is 4.16. The number of halogens is 1. The largest absolute Gasteiger partial charge is 0.389 e. The van der Waals surface area contributed by atoms with E-state index in [1.165, 1.54) is 11.3 Å². The van der Waals surface area contributed by atoms with Gasteiger partial charge < -0.3 is 19.9 Å². The van der Waals surface area contributed by atoms with Gasteiger partial charge in [-0.25, -0.2) is 4.98 Å². The quantitative estimate of drug-likeness (QED) is 0.727. The summed E-state index contributed by atoms with van der Waals surface area (Å²) in [5, 5.41) is 16.3. The van der Waals surface area contributed by atoms with Crippen molar-refractivity contribution in [3.05, 3.63) is 46.4 Å². The van der Waals surface area contributed by atoms with Crippen molar-refractivity contribution in [3.8, 4) is 0 Å². The highest BCUT2D eigenvalue weighted by Gasteiger charge is 2.38. The highest BCUT2D eigenvalue weighted by atomic mass is 35.5. The van der Waals surface area contributed by atoms with Gasteiger partial charge in [-0.2, -0.15) is 0 Å². The van der Waals surface area contributed by atoms with Gasteiger partial charge in [0.05, 0.1) is 37.9 Å². The molecule has 2 aliphatic rings. The molecule has 0 aliphatic carbocycles. The third-order valence-corrected chi connectivity index (χ3v) is 6.38. The van der Waals surface area contributed by atoms with Gasteiger partial charge in [-0.15, -0.1) is 11.3 Å². The predicted molar refractivity (Wildman–Crippen MR) is 116 cm³/mol. The Morgan fingerprint density at radius 2 is 2.27 bits per heavy atom. The van der Waals surface area contributed by atoms with Gasteiger partial charge in [0.15, 0.2) is 5.13 Å². The highest BCUT2D eigenvalue weighted by Crippen LogP contribution is 2.29. The summed E-state index contributed by atoms with van der Waals surface area (Å²) in [5.74, 6) is -0.0913. The number of nitrogens with one attached hydrogen (secondary N) is 1. The van der Waals surface area contributed by atoms with Crippen molar-refractivity contribution in [2.75, 3.05) is 25.1 Å². The Labute approximate surface area is 185 Å². The number of ether oxygens (including phenoxy) is 2. The molecule has 2 saturated heterocycles. The van der Waals surface area contributed by atoms with Crippen molar-refractivity contribution < 1.29 is 19.4 Å². The second kappa shape index (κ2) is 10.2. The molecule has 30 heavy (non-hydrogen) atoms. The number of nitrogens with zero attached hydrogens (tertiary/aromatic N) is 2. The van der Waals surface area contributed by atoms with E-state index < -0.39 is 6.10 Å². The van der Waals surface area contributed by atoms with Crippen LogP contribution in [0.15, 0.2) is 35.8 Å². The molecular formula is C21H26ClN3O4S. The number of aliphatic hydroxyl groups is 1. The monoisotopic (exact) mass is 451 g/mol. The number of thiazole rings is 1. The summed E-state index contributed by atoms with van der Waals surface area (Å²) in [6, 6.07) is 7.89. The lowest BCUT2D eigenvalue weighted by Gasteiger charge is -2.44. The van der Waals surface area contributed by atoms with E-state index in [2.05, 4.69) is 15.2 Å². The number of hydrogen-bond donors (Lipinski definition) is 2. The van der Waals surface area contributed by atoms with Crippen LogP contribution in [-0.4, -0.2) is 65.0 Å². The van der Waals surface area contributed by atoms with Crippen molar-refractivity contribution in [1.29, 1.82) is 0 Å². The molecule has 7 nitrogen and oxygen atoms in total. The average molecular weight is 452 g/mol. The number of carbonyl (C=O) groups excluding carboxylic acids is 1. The van der Waals surface area contributed by atoms with Gasteiger partial charge >= 0.3 is 0 Å². The number of aromatic nitrogens is 1. The third-order valence-electron chi connectivity index (χ3n) is 5.45. The van der Waals surface area contributed by atoms with Gasteiger partial charge in [0.25, 0.3) is 0 Å². The predicted octanol–water partition coefficient (Wildman–Crippen LogP) is 2.93. The number of rotatable bonds is 5. The first-order chi connectivity index (χ1) is 14.6. The summed E-state index contributed by atoms with van der Waals surface area (Å²) >= 11 is 7.55. The maximum absolute atomic E-state index is 12.3. The Morgan fingerprint density at radius 3 is 3.07 bits per heavy atom. The summed E-state index contributed by atoms with van der Waals surface area (Å²) in [6.07, 6.45) is 2.74. The summed E-state index contributed by atoms with van der Waals surface area (Å²) in [5.41, 5.74) is 1.10. The molecule has 2 N–H and O–H groups in total. The van der Waals surface area contributed by atoms with E-state index in [9.17, 15) is 9.90 Å². The minimum Gasteiger partial charge on any atom is -0.389 e. The maximum Gasteiger partial charge on any atom is 0.228 e. The summed E-state index contributed by atoms with van der Waals surface area (Å²) < 4.78 is 12.0. The fraction of sp³-hybridized carbons (Fsp3) is 0.524. The van der Waals surface area contributed by atoms with E-state index >= 15 is 0 Å². The van der Waals surface area contributed by atoms with Crippen LogP contribution >= 0.6 is 22.9 Å². The van der Waals surface area contributed by atoms with E-state index in [4.69, 9.17) is 21.1 Å². The van der Waals surface area contributed by atoms with Crippen molar-refractivity contribution in [3.63, 3.8) is 0 Å². The van der Waals surface area contributed by atoms with Crippen LogP contribution in [0.2, 0.25) is 5.02 Å². The van der Waals surface area contributed by atoms with Gasteiger partial charge in [0, 0.05) is 35.7 Å². The molecule has 3 heterocycles. The first-order valence-corrected chi connectivity index (χ1v) is 11.4. The topological polar surface area (TPSA) is 83.9 Å². The molecule has 0 radical (unpaired) electrons. The molecule has 1 aromatic carbocycles. The summed E-state index contributed by atoms with van der Waals surface area (Å²) in [6.45, 7) is 1.86. The number of fused-ring (bicyclic) bond motifs is 1. The van der Waals surface area contributed by atoms with E-state index in [0.717, 1.165) is 18.4 Å². The molecule has 0 bridgehead atoms. The number of carbonyl (C=O) groups is 1. The van der Waals surface area contributed by atoms with E-state index in [-0.39, 0.29) is 30.8 Å². The van der Waals surface area contributed by atoms with Crippen LogP contribution in [0.4, 0.5) is 5.13 Å². The number of anilines is 1. The van der Waals surface area contributed by atoms with Crippen LogP contribution in [0.25, 0.3) is 0 Å². The van der Waals surface area contributed by atoms with Crippen LogP contribution in [0.5, 0.6) is 0 Å². The highest BCUT2D eigenvalue weighted by molar-refractivity contribution is 7.13. The number of β-amino-alcohol motifs (C(OH)–C–C–N with tert-alkyl or cyclic N) is 1. The normalized spacial score (nSPS) is 27.7. The van der Waals surface area contributed by atoms with Gasteiger partial charge in [-0.1, -0.05) is 23.7 Å². The number of hydrogen-bond acceptors (Lipinski definition) is 7. The fourth-order valence-corrected chi connectivity index (χ4v) is 4.92. The van der Waals surface area contributed by atoms with E-state index in [1.807, 2.05) is 29.6 Å². The molecule has 0 saturated carbocycles. The molecule has 4 atom stereocenters. The molecular weight excluding hydrogens is 426 g/mol. The van der Waals surface area contributed by atoms with Gasteiger partial charge in [0.1, 0.15) is 0 Å². The Bertz CT molecular complexity index is 837. The maximum atomic E-state index is 12.3. The number of benzene rings is 1. The van der Waals surface area contributed by atoms with Crippen LogP contribution in [0.1, 0.15) is 24.8 Å². The van der Waals surface area contributed by atoms with Gasteiger partial charge in [-0.3, -0.25) is 9.69 Å². The minimum atomic E-state index is -0.549. The minimum absolute atomic E-state index is 0.0913. The standard InChI is InChI=1S/C21H26ClN3O4S/c22-15-3-1-2-14(8-15)10-25-11-16(26)12-28-13-19-18(25)5-4-17(29-19)9-20(27)24-21-23-6-7-30-21/h1-3,6-8,16-19,26H,4-5,9-13H2,(H,23,24,27)/t16-,17+,18-,19+/m1/s1. The third kappa shape index (κ3) is 5.78. The molecule has 9 heteroatoms. The molecule has 2 fully saturated rings. The average Bonchev–Trinajstić information content (AvgIpc) is 3.19. The first-order valence-electron chi connectivity index (χ1n) is 10.2. The Kier molecular flexibility index (Phi) is 7.35. The SMILES string of the molecule is O=C(C[C@@H]1CC[C@@H]2[C@H](COC[C@H](O)CN2Cc2cccc(Cl)c2)O1)Nc1nccs1. The number of amides is 1. The molecule has 162 valence electrons. The Morgan fingerprint density at radius 1 is 1.37 bits per heavy atom. The molecule has 1 amide bonds. The summed E-state index contributed by atoms with van der Waals surface area (Å²) in [4.78, 5) is 18.7. The van der Waals surface area contributed by atoms with Crippen LogP contribution in [0, 0.1) is 0 Å². The van der Waals surface area contributed by atoms with Crippen molar-refractivity contribution in [2.45, 2.75) is 50.2 Å². The molecule has 0 spiro atoms. The van der Waals surface area contributed by atoms with Crippen molar-refractivity contribution in [2.24, 2.45) is 0 Å². The lowest BCUT2D eigenvalue weighted by Crippen LogP contribution is -2.55. The lowest BCUT2D eigenvalue weighted by molar-refractivity contribution is -0.156. The van der Waals surface area contributed by atoms with Crippen LogP contribution in [0.3, 0.4) is 0 Å². The van der Waals surface area contributed by atoms with E-state index in [1.54, 1.807) is 6.20 Å². The second-order valence-corrected chi connectivity index (χ2v) is 9.11. The second-order valence-electron chi connectivity index (χ2n) is 7.78. The number of aliphatic hydroxyl groups excluding tert-OH is 1. The van der Waals surface area contributed by atoms with E-state index in [0.29, 0.717) is 36.3 Å². The van der Waals surface area contributed by atoms with Gasteiger partial charge in [0.2, 0.25) is 5.91 Å².